The fraction of sp³-hybridized carbons (Fsp3) is 0.310. The first kappa shape index (κ1) is 34.6. The van der Waals surface area contributed by atoms with Gasteiger partial charge in [-0.15, -0.1) is 0 Å². The van der Waals surface area contributed by atoms with Gasteiger partial charge in [0.1, 0.15) is 24.3 Å². The Morgan fingerprint density at radius 3 is 2.33 bits per heavy atom. The smallest absolute Gasteiger partial charge is 0.224 e. The average molecular weight is 709 g/mol. The molecule has 9 heteroatoms. The number of Topliss-reactive ketones (excluding diaryl/α,β-unsaturated/α-hetero) is 2. The Balaban J connectivity index is 1.08. The van der Waals surface area contributed by atoms with Crippen LogP contribution >= 0.6 is 11.6 Å². The molecule has 1 fully saturated rings. The lowest BCUT2D eigenvalue weighted by Crippen LogP contribution is -2.36. The Morgan fingerprint density at radius 2 is 1.57 bits per heavy atom. The minimum atomic E-state index is -1.32. The Morgan fingerprint density at radius 1 is 0.863 bits per heavy atom. The molecule has 51 heavy (non-hydrogen) atoms. The van der Waals surface area contributed by atoms with E-state index in [-0.39, 0.29) is 48.1 Å². The number of aromatic nitrogens is 1. The second-order valence-corrected chi connectivity index (χ2v) is 14.2. The molecule has 5 aromatic rings. The number of aryl methyl sites for hydroxylation is 4. The van der Waals surface area contributed by atoms with E-state index in [1.165, 1.54) is 41.3 Å². The Bertz CT molecular complexity index is 2130. The summed E-state index contributed by atoms with van der Waals surface area (Å²) in [6.07, 6.45) is 3.86. The minimum absolute atomic E-state index is 0.0620. The highest BCUT2D eigenvalue weighted by molar-refractivity contribution is 6.30. The Labute approximate surface area is 300 Å². The van der Waals surface area contributed by atoms with Crippen LogP contribution in [0.2, 0.25) is 5.02 Å². The number of nitrogens with one attached hydrogen (secondary N) is 1. The van der Waals surface area contributed by atoms with Crippen LogP contribution in [0.25, 0.3) is 10.9 Å². The molecule has 0 aliphatic heterocycles. The predicted molar refractivity (Wildman–Crippen MR) is 193 cm³/mol. The normalized spacial score (nSPS) is 18.4. The highest BCUT2D eigenvalue weighted by Gasteiger charge is 2.42. The van der Waals surface area contributed by atoms with Gasteiger partial charge in [-0.2, -0.15) is 0 Å². The third-order valence-electron chi connectivity index (χ3n) is 10.4. The maximum atomic E-state index is 14.7. The second kappa shape index (κ2) is 14.8. The minimum Gasteiger partial charge on any atom is -0.489 e. The van der Waals surface area contributed by atoms with Crippen molar-refractivity contribution in [2.24, 2.45) is 11.8 Å². The van der Waals surface area contributed by atoms with Gasteiger partial charge in [0.05, 0.1) is 23.0 Å². The van der Waals surface area contributed by atoms with Crippen LogP contribution in [0.1, 0.15) is 63.5 Å². The summed E-state index contributed by atoms with van der Waals surface area (Å²) in [7, 11) is 0. The van der Waals surface area contributed by atoms with E-state index < -0.39 is 29.7 Å². The molecular weight excluding hydrogens is 670 g/mol. The molecule has 4 aromatic carbocycles. The van der Waals surface area contributed by atoms with E-state index in [1.54, 1.807) is 16.8 Å². The molecule has 1 aromatic heterocycles. The molecule has 1 heterocycles. The first-order valence-electron chi connectivity index (χ1n) is 17.5. The first-order chi connectivity index (χ1) is 24.6. The molecule has 1 saturated carbocycles. The van der Waals surface area contributed by atoms with Crippen molar-refractivity contribution in [3.63, 3.8) is 0 Å². The zero-order valence-electron chi connectivity index (χ0n) is 28.4. The fourth-order valence-corrected chi connectivity index (χ4v) is 7.69. The van der Waals surface area contributed by atoms with Crippen LogP contribution in [0.15, 0.2) is 85.1 Å². The van der Waals surface area contributed by atoms with Crippen molar-refractivity contribution >= 4 is 40.0 Å². The summed E-state index contributed by atoms with van der Waals surface area (Å²) in [6.45, 7) is 1.55. The molecule has 4 bridgehead atoms. The number of rotatable bonds is 10. The van der Waals surface area contributed by atoms with Gasteiger partial charge in [0.15, 0.2) is 11.6 Å². The van der Waals surface area contributed by atoms with Gasteiger partial charge in [0, 0.05) is 41.2 Å². The van der Waals surface area contributed by atoms with Crippen LogP contribution in [0.5, 0.6) is 5.75 Å². The number of fused-ring (bicyclic) bond motifs is 1. The number of benzene rings is 4. The molecule has 5 aliphatic rings. The van der Waals surface area contributed by atoms with E-state index in [4.69, 9.17) is 16.3 Å². The molecule has 5 aliphatic carbocycles. The molecule has 0 saturated heterocycles. The van der Waals surface area contributed by atoms with Gasteiger partial charge in [-0.1, -0.05) is 66.2 Å². The number of carbonyl (C=O) groups is 3. The van der Waals surface area contributed by atoms with Crippen molar-refractivity contribution in [3.8, 4) is 5.75 Å². The Kier molecular flexibility index (Phi) is 10.0. The van der Waals surface area contributed by atoms with Crippen molar-refractivity contribution in [2.45, 2.75) is 71.3 Å². The SMILES string of the molecule is CC(=O)c1cn(CC(=O)C2C[C@H](F)C[C@H]2C(=O)NCc2cccc(Cl)c2F)c2cc(OCc3cc4ccc3CCc3ccc(cc3)CC4)ccc12. The third kappa shape index (κ3) is 7.61. The molecule has 3 atom stereocenters. The van der Waals surface area contributed by atoms with E-state index in [1.807, 2.05) is 18.2 Å². The Hall–Kier alpha value is -4.82. The standard InChI is InChI=1S/C42H39ClF2N2O4/c1-25(48)37-22-47(23-40(49)35-18-32(44)19-36(35)42(50)46-21-30-3-2-4-38(43)41(30)45)39-20-33(15-16-34(37)39)51-24-31-17-28-10-9-26-5-7-27(8-6-26)11-13-29(31)14-12-28/h2-8,12,14-17,20,22,32,35-36H,9-11,13,18-19,21,23-24H2,1H3,(H,46,50)/t32-,35?,36+/m0/s1. The number of ether oxygens (including phenoxy) is 1. The summed E-state index contributed by atoms with van der Waals surface area (Å²) in [5.41, 5.74) is 7.53. The summed E-state index contributed by atoms with van der Waals surface area (Å²) < 4.78 is 37.2. The van der Waals surface area contributed by atoms with Crippen LogP contribution in [0, 0.1) is 17.7 Å². The second-order valence-electron chi connectivity index (χ2n) is 13.8. The summed E-state index contributed by atoms with van der Waals surface area (Å²) in [5, 5.41) is 3.28. The quantitative estimate of drug-likeness (QED) is 0.148. The van der Waals surface area contributed by atoms with Crippen LogP contribution in [0.4, 0.5) is 8.78 Å². The third-order valence-corrected chi connectivity index (χ3v) is 10.7. The van der Waals surface area contributed by atoms with E-state index in [2.05, 4.69) is 47.8 Å². The lowest BCUT2D eigenvalue weighted by molar-refractivity contribution is -0.132. The average Bonchev–Trinajstić information content (AvgIpc) is 3.69. The molecule has 1 unspecified atom stereocenters. The van der Waals surface area contributed by atoms with Crippen molar-refractivity contribution in [3.05, 3.63) is 135 Å². The molecular formula is C42H39ClF2N2O4. The van der Waals surface area contributed by atoms with Gasteiger partial charge in [-0.05, 0) is 91.5 Å². The monoisotopic (exact) mass is 708 g/mol. The van der Waals surface area contributed by atoms with E-state index >= 15 is 0 Å². The van der Waals surface area contributed by atoms with Gasteiger partial charge in [0.25, 0.3) is 0 Å². The number of halogens is 3. The summed E-state index contributed by atoms with van der Waals surface area (Å²) >= 11 is 5.87. The zero-order valence-corrected chi connectivity index (χ0v) is 29.1. The topological polar surface area (TPSA) is 77.4 Å². The highest BCUT2D eigenvalue weighted by Crippen LogP contribution is 2.36. The maximum absolute atomic E-state index is 14.7. The molecule has 262 valence electrons. The van der Waals surface area contributed by atoms with Gasteiger partial charge in [-0.25, -0.2) is 8.78 Å². The number of nitrogens with zero attached hydrogens (tertiary/aromatic N) is 1. The lowest BCUT2D eigenvalue weighted by atomic mass is 9.91. The molecule has 0 radical (unpaired) electrons. The molecule has 1 N–H and O–H groups in total. The molecule has 1 amide bonds. The van der Waals surface area contributed by atoms with E-state index in [0.717, 1.165) is 31.2 Å². The van der Waals surface area contributed by atoms with E-state index in [9.17, 15) is 23.2 Å². The van der Waals surface area contributed by atoms with Crippen molar-refractivity contribution < 1.29 is 27.9 Å². The van der Waals surface area contributed by atoms with Crippen molar-refractivity contribution in [2.75, 3.05) is 0 Å². The summed E-state index contributed by atoms with van der Waals surface area (Å²) in [4.78, 5) is 39.6. The van der Waals surface area contributed by atoms with Crippen LogP contribution in [-0.4, -0.2) is 28.2 Å². The number of hydrogen-bond acceptors (Lipinski definition) is 4. The predicted octanol–water partition coefficient (Wildman–Crippen LogP) is 8.35. The number of carbonyl (C=O) groups excluding carboxylic acids is 3. The van der Waals surface area contributed by atoms with E-state index in [0.29, 0.717) is 28.8 Å². The molecule has 6 nitrogen and oxygen atoms in total. The van der Waals surface area contributed by atoms with Crippen LogP contribution in [0.3, 0.4) is 0 Å². The van der Waals surface area contributed by atoms with Crippen LogP contribution in [-0.2, 0) is 55.0 Å². The summed E-state index contributed by atoms with van der Waals surface area (Å²) in [6, 6.07) is 25.5. The van der Waals surface area contributed by atoms with Gasteiger partial charge in [-0.3, -0.25) is 14.4 Å². The lowest BCUT2D eigenvalue weighted by Gasteiger charge is -2.19. The molecule has 0 spiro atoms. The largest absolute Gasteiger partial charge is 0.489 e. The number of alkyl halides is 1. The summed E-state index contributed by atoms with van der Waals surface area (Å²) in [5.74, 6) is -2.79. The van der Waals surface area contributed by atoms with Gasteiger partial charge >= 0.3 is 0 Å². The van der Waals surface area contributed by atoms with Crippen molar-refractivity contribution in [1.82, 2.24) is 9.88 Å². The zero-order chi connectivity index (χ0) is 35.6. The highest BCUT2D eigenvalue weighted by atomic mass is 35.5. The van der Waals surface area contributed by atoms with Crippen molar-refractivity contribution in [1.29, 1.82) is 0 Å². The number of hydrogen-bond donors (Lipinski definition) is 1. The molecule has 10 rings (SSSR count). The maximum Gasteiger partial charge on any atom is 0.224 e. The fourth-order valence-electron chi connectivity index (χ4n) is 7.49. The number of amides is 1. The van der Waals surface area contributed by atoms with Crippen LogP contribution < -0.4 is 10.1 Å². The first-order valence-corrected chi connectivity index (χ1v) is 17.8. The van der Waals surface area contributed by atoms with Gasteiger partial charge < -0.3 is 14.6 Å². The number of ketones is 2. The van der Waals surface area contributed by atoms with Gasteiger partial charge in [0.2, 0.25) is 5.91 Å².